The predicted octanol–water partition coefficient (Wildman–Crippen LogP) is 2.94. The Bertz CT molecular complexity index is 801. The first-order chi connectivity index (χ1) is 13.0. The molecule has 3 rings (SSSR count). The van der Waals surface area contributed by atoms with E-state index >= 15 is 0 Å². The van der Waals surface area contributed by atoms with E-state index in [1.807, 2.05) is 18.2 Å². The molecule has 1 amide bonds. The number of benzene rings is 2. The zero-order valence-electron chi connectivity index (χ0n) is 15.4. The van der Waals surface area contributed by atoms with E-state index in [0.29, 0.717) is 32.7 Å². The second-order valence-corrected chi connectivity index (χ2v) is 6.40. The molecule has 0 radical (unpaired) electrons. The van der Waals surface area contributed by atoms with Gasteiger partial charge in [-0.2, -0.15) is 0 Å². The fourth-order valence-corrected chi connectivity index (χ4v) is 3.22. The van der Waals surface area contributed by atoms with Crippen LogP contribution in [0.5, 0.6) is 11.5 Å². The molecule has 0 aliphatic carbocycles. The summed E-state index contributed by atoms with van der Waals surface area (Å²) in [7, 11) is 3.24. The van der Waals surface area contributed by atoms with Crippen LogP contribution < -0.4 is 9.47 Å². The molecule has 0 bridgehead atoms. The van der Waals surface area contributed by atoms with Gasteiger partial charge in [-0.05, 0) is 30.3 Å². The van der Waals surface area contributed by atoms with Crippen molar-refractivity contribution in [2.45, 2.75) is 6.54 Å². The molecule has 27 heavy (non-hydrogen) atoms. The first-order valence-electron chi connectivity index (χ1n) is 8.69. The number of hydrogen-bond donors (Lipinski definition) is 0. The number of carbonyl (C=O) groups excluding carboxylic acids is 1. The fraction of sp³-hybridized carbons (Fsp3) is 0.350. The third-order valence-electron chi connectivity index (χ3n) is 4.65. The molecule has 2 aromatic carbocycles. The van der Waals surface area contributed by atoms with Gasteiger partial charge in [-0.25, -0.2) is 8.78 Å². The Labute approximate surface area is 157 Å². The number of ether oxygens (including phenoxy) is 2. The van der Waals surface area contributed by atoms with Crippen LogP contribution in [0.25, 0.3) is 0 Å². The summed E-state index contributed by atoms with van der Waals surface area (Å²) in [6.07, 6.45) is 0. The molecule has 5 nitrogen and oxygen atoms in total. The SMILES string of the molecule is COc1ccc(OC)c(CN2CCN(C(=O)c3cc(F)cc(F)c3)CC2)c1. The molecule has 1 saturated heterocycles. The van der Waals surface area contributed by atoms with Gasteiger partial charge < -0.3 is 14.4 Å². The molecule has 0 atom stereocenters. The van der Waals surface area contributed by atoms with Crippen molar-refractivity contribution >= 4 is 5.91 Å². The lowest BCUT2D eigenvalue weighted by Crippen LogP contribution is -2.48. The second-order valence-electron chi connectivity index (χ2n) is 6.40. The zero-order chi connectivity index (χ0) is 19.4. The van der Waals surface area contributed by atoms with Crippen LogP contribution in [-0.4, -0.2) is 56.1 Å². The van der Waals surface area contributed by atoms with Crippen molar-refractivity contribution in [2.75, 3.05) is 40.4 Å². The smallest absolute Gasteiger partial charge is 0.254 e. The van der Waals surface area contributed by atoms with Crippen LogP contribution in [0.4, 0.5) is 8.78 Å². The van der Waals surface area contributed by atoms with E-state index in [1.165, 1.54) is 0 Å². The molecule has 144 valence electrons. The summed E-state index contributed by atoms with van der Waals surface area (Å²) in [5, 5.41) is 0. The Kier molecular flexibility index (Phi) is 5.91. The Hall–Kier alpha value is -2.67. The van der Waals surface area contributed by atoms with E-state index < -0.39 is 11.6 Å². The Morgan fingerprint density at radius 3 is 2.22 bits per heavy atom. The van der Waals surface area contributed by atoms with Crippen LogP contribution in [0, 0.1) is 11.6 Å². The minimum atomic E-state index is -0.748. The summed E-state index contributed by atoms with van der Waals surface area (Å²) < 4.78 is 37.4. The number of methoxy groups -OCH3 is 2. The van der Waals surface area contributed by atoms with Crippen LogP contribution >= 0.6 is 0 Å². The molecule has 7 heteroatoms. The summed E-state index contributed by atoms with van der Waals surface area (Å²) in [5.74, 6) is -0.312. The normalized spacial score (nSPS) is 14.9. The van der Waals surface area contributed by atoms with Crippen LogP contribution in [0.3, 0.4) is 0 Å². The summed E-state index contributed by atoms with van der Waals surface area (Å²) >= 11 is 0. The van der Waals surface area contributed by atoms with Gasteiger partial charge in [-0.15, -0.1) is 0 Å². The average Bonchev–Trinajstić information content (AvgIpc) is 2.67. The number of nitrogens with zero attached hydrogens (tertiary/aromatic N) is 2. The maximum atomic E-state index is 13.4. The quantitative estimate of drug-likeness (QED) is 0.805. The molecule has 2 aromatic rings. The molecule has 0 saturated carbocycles. The Morgan fingerprint density at radius 1 is 0.963 bits per heavy atom. The van der Waals surface area contributed by atoms with E-state index in [1.54, 1.807) is 19.1 Å². The van der Waals surface area contributed by atoms with E-state index in [0.717, 1.165) is 35.3 Å². The van der Waals surface area contributed by atoms with Crippen molar-refractivity contribution in [3.8, 4) is 11.5 Å². The highest BCUT2D eigenvalue weighted by Crippen LogP contribution is 2.25. The van der Waals surface area contributed by atoms with E-state index in [-0.39, 0.29) is 11.5 Å². The highest BCUT2D eigenvalue weighted by molar-refractivity contribution is 5.94. The lowest BCUT2D eigenvalue weighted by Gasteiger charge is -2.35. The summed E-state index contributed by atoms with van der Waals surface area (Å²) in [6, 6.07) is 8.55. The van der Waals surface area contributed by atoms with E-state index in [2.05, 4.69) is 4.90 Å². The Morgan fingerprint density at radius 2 is 1.63 bits per heavy atom. The number of carbonyl (C=O) groups is 1. The molecule has 1 fully saturated rings. The molecule has 1 aliphatic heterocycles. The molecular formula is C20H22F2N2O3. The first-order valence-corrected chi connectivity index (χ1v) is 8.69. The average molecular weight is 376 g/mol. The summed E-state index contributed by atoms with van der Waals surface area (Å²) in [4.78, 5) is 16.3. The number of hydrogen-bond acceptors (Lipinski definition) is 4. The lowest BCUT2D eigenvalue weighted by atomic mass is 10.1. The monoisotopic (exact) mass is 376 g/mol. The Balaban J connectivity index is 1.63. The van der Waals surface area contributed by atoms with Gasteiger partial charge in [0.15, 0.2) is 0 Å². The van der Waals surface area contributed by atoms with E-state index in [4.69, 9.17) is 9.47 Å². The van der Waals surface area contributed by atoms with Gasteiger partial charge in [0.25, 0.3) is 5.91 Å². The highest BCUT2D eigenvalue weighted by Gasteiger charge is 2.23. The predicted molar refractivity (Wildman–Crippen MR) is 97.1 cm³/mol. The van der Waals surface area contributed by atoms with Crippen molar-refractivity contribution in [1.82, 2.24) is 9.80 Å². The molecular weight excluding hydrogens is 354 g/mol. The fourth-order valence-electron chi connectivity index (χ4n) is 3.22. The van der Waals surface area contributed by atoms with Crippen molar-refractivity contribution in [2.24, 2.45) is 0 Å². The third kappa shape index (κ3) is 4.54. The molecule has 1 aliphatic rings. The molecule has 0 spiro atoms. The largest absolute Gasteiger partial charge is 0.497 e. The lowest BCUT2D eigenvalue weighted by molar-refractivity contribution is 0.0626. The van der Waals surface area contributed by atoms with Crippen molar-refractivity contribution < 1.29 is 23.0 Å². The topological polar surface area (TPSA) is 42.0 Å². The maximum absolute atomic E-state index is 13.4. The number of halogens is 2. The third-order valence-corrected chi connectivity index (χ3v) is 4.65. The van der Waals surface area contributed by atoms with Crippen molar-refractivity contribution in [1.29, 1.82) is 0 Å². The van der Waals surface area contributed by atoms with Crippen molar-refractivity contribution in [3.63, 3.8) is 0 Å². The van der Waals surface area contributed by atoms with Crippen LogP contribution in [0.15, 0.2) is 36.4 Å². The number of amides is 1. The van der Waals surface area contributed by atoms with Crippen LogP contribution in [0.2, 0.25) is 0 Å². The summed E-state index contributed by atoms with van der Waals surface area (Å²) in [6.45, 7) is 2.96. The van der Waals surface area contributed by atoms with Crippen LogP contribution in [-0.2, 0) is 6.54 Å². The maximum Gasteiger partial charge on any atom is 0.254 e. The molecule has 0 N–H and O–H groups in total. The highest BCUT2D eigenvalue weighted by atomic mass is 19.1. The van der Waals surface area contributed by atoms with Gasteiger partial charge in [-0.3, -0.25) is 9.69 Å². The van der Waals surface area contributed by atoms with Gasteiger partial charge in [0.1, 0.15) is 23.1 Å². The van der Waals surface area contributed by atoms with Gasteiger partial charge in [-0.1, -0.05) is 0 Å². The minimum absolute atomic E-state index is 0.0374. The second kappa shape index (κ2) is 8.35. The minimum Gasteiger partial charge on any atom is -0.497 e. The summed E-state index contributed by atoms with van der Waals surface area (Å²) in [5.41, 5.74) is 1.04. The van der Waals surface area contributed by atoms with Crippen LogP contribution in [0.1, 0.15) is 15.9 Å². The van der Waals surface area contributed by atoms with Gasteiger partial charge in [0.05, 0.1) is 14.2 Å². The van der Waals surface area contributed by atoms with Gasteiger partial charge in [0, 0.05) is 49.9 Å². The van der Waals surface area contributed by atoms with Gasteiger partial charge in [0.2, 0.25) is 0 Å². The van der Waals surface area contributed by atoms with Crippen molar-refractivity contribution in [3.05, 3.63) is 59.2 Å². The molecule has 0 unspecified atom stereocenters. The van der Waals surface area contributed by atoms with E-state index in [9.17, 15) is 13.6 Å². The molecule has 0 aromatic heterocycles. The standard InChI is InChI=1S/C20H22F2N2O3/c1-26-18-3-4-19(27-2)15(11-18)13-23-5-7-24(8-6-23)20(25)14-9-16(21)12-17(22)10-14/h3-4,9-12H,5-8,13H2,1-2H3. The zero-order valence-corrected chi connectivity index (χ0v) is 15.4. The first kappa shape index (κ1) is 19.1. The number of piperazine rings is 1. The molecule has 1 heterocycles. The number of rotatable bonds is 5. The van der Waals surface area contributed by atoms with Gasteiger partial charge >= 0.3 is 0 Å².